The molecular weight excluding hydrogens is 414 g/mol. The van der Waals surface area contributed by atoms with Gasteiger partial charge in [-0.15, -0.1) is 22.7 Å². The maximum absolute atomic E-state index is 12.7. The van der Waals surface area contributed by atoms with Crippen LogP contribution in [0.3, 0.4) is 0 Å². The van der Waals surface area contributed by atoms with E-state index >= 15 is 0 Å². The summed E-state index contributed by atoms with van der Waals surface area (Å²) in [5, 5.41) is 16.9. The highest BCUT2D eigenvalue weighted by Crippen LogP contribution is 2.30. The molecule has 0 radical (unpaired) electrons. The van der Waals surface area contributed by atoms with Crippen molar-refractivity contribution >= 4 is 40.3 Å². The van der Waals surface area contributed by atoms with Crippen LogP contribution in [0.4, 0.5) is 5.69 Å². The minimum absolute atomic E-state index is 0.0347. The Bertz CT molecular complexity index is 1220. The van der Waals surface area contributed by atoms with Gasteiger partial charge in [0.25, 0.3) is 5.91 Å². The van der Waals surface area contributed by atoms with Gasteiger partial charge in [0.2, 0.25) is 0 Å². The summed E-state index contributed by atoms with van der Waals surface area (Å²) in [6.07, 6.45) is 1.49. The molecule has 1 amide bonds. The highest BCUT2D eigenvalue weighted by atomic mass is 32.1. The van der Waals surface area contributed by atoms with Crippen molar-refractivity contribution in [3.05, 3.63) is 88.8 Å². The monoisotopic (exact) mass is 429 g/mol. The van der Waals surface area contributed by atoms with E-state index < -0.39 is 5.91 Å². The van der Waals surface area contributed by atoms with Crippen molar-refractivity contribution in [1.29, 1.82) is 5.26 Å². The Morgan fingerprint density at radius 3 is 2.60 bits per heavy atom. The van der Waals surface area contributed by atoms with Gasteiger partial charge in [-0.2, -0.15) is 5.26 Å². The molecule has 7 heteroatoms. The van der Waals surface area contributed by atoms with Gasteiger partial charge in [0.15, 0.2) is 5.75 Å². The van der Waals surface area contributed by atoms with Crippen LogP contribution in [0.25, 0.3) is 16.0 Å². The molecule has 0 aliphatic heterocycles. The first-order chi connectivity index (χ1) is 14.7. The Morgan fingerprint density at radius 2 is 1.83 bits per heavy atom. The number of hydrogen-bond donors (Lipinski definition) is 1. The zero-order valence-corrected chi connectivity index (χ0v) is 17.2. The minimum atomic E-state index is -0.521. The molecule has 146 valence electrons. The van der Waals surface area contributed by atoms with E-state index in [-0.39, 0.29) is 5.57 Å². The van der Waals surface area contributed by atoms with E-state index in [1.165, 1.54) is 17.4 Å². The lowest BCUT2D eigenvalue weighted by atomic mass is 10.2. The second-order valence-electron chi connectivity index (χ2n) is 6.09. The first-order valence-corrected chi connectivity index (χ1v) is 10.7. The number of nitriles is 1. The van der Waals surface area contributed by atoms with Crippen LogP contribution in [0.1, 0.15) is 5.69 Å². The van der Waals surface area contributed by atoms with Crippen LogP contribution < -0.4 is 10.1 Å². The Balaban J connectivity index is 1.53. The maximum Gasteiger partial charge on any atom is 0.266 e. The van der Waals surface area contributed by atoms with Crippen LogP contribution in [0.2, 0.25) is 0 Å². The van der Waals surface area contributed by atoms with Crippen LogP contribution in [0, 0.1) is 11.3 Å². The van der Waals surface area contributed by atoms with E-state index in [4.69, 9.17) is 4.74 Å². The summed E-state index contributed by atoms with van der Waals surface area (Å²) in [5.74, 6) is 0.620. The molecular formula is C23H15N3O2S2. The average Bonchev–Trinajstić information content (AvgIpc) is 3.46. The second kappa shape index (κ2) is 9.18. The molecule has 1 N–H and O–H groups in total. The van der Waals surface area contributed by atoms with Crippen LogP contribution >= 0.6 is 22.7 Å². The number of rotatable bonds is 6. The predicted octanol–water partition coefficient (Wildman–Crippen LogP) is 6.21. The topological polar surface area (TPSA) is 75.0 Å². The van der Waals surface area contributed by atoms with Crippen molar-refractivity contribution in [2.45, 2.75) is 0 Å². The van der Waals surface area contributed by atoms with Crippen LogP contribution in [-0.4, -0.2) is 10.9 Å². The summed E-state index contributed by atoms with van der Waals surface area (Å²) in [4.78, 5) is 18.3. The van der Waals surface area contributed by atoms with Gasteiger partial charge >= 0.3 is 0 Å². The van der Waals surface area contributed by atoms with Gasteiger partial charge in [-0.3, -0.25) is 4.79 Å². The predicted molar refractivity (Wildman–Crippen MR) is 121 cm³/mol. The Hall–Kier alpha value is -3.73. The van der Waals surface area contributed by atoms with E-state index in [1.54, 1.807) is 29.5 Å². The number of hydrogen-bond acceptors (Lipinski definition) is 6. The molecule has 2 heterocycles. The zero-order chi connectivity index (χ0) is 20.8. The molecule has 0 saturated heterocycles. The smallest absolute Gasteiger partial charge is 0.266 e. The minimum Gasteiger partial charge on any atom is -0.455 e. The summed E-state index contributed by atoms with van der Waals surface area (Å²) >= 11 is 3.07. The van der Waals surface area contributed by atoms with Gasteiger partial charge in [0.1, 0.15) is 22.4 Å². The fraction of sp³-hybridized carbons (Fsp3) is 0. The molecule has 5 nitrogen and oxygen atoms in total. The van der Waals surface area contributed by atoms with Gasteiger partial charge in [-0.1, -0.05) is 36.4 Å². The Kier molecular flexibility index (Phi) is 5.99. The van der Waals surface area contributed by atoms with E-state index in [1.807, 2.05) is 65.4 Å². The molecule has 2 aromatic carbocycles. The van der Waals surface area contributed by atoms with Crippen LogP contribution in [-0.2, 0) is 4.79 Å². The van der Waals surface area contributed by atoms with Crippen molar-refractivity contribution in [2.24, 2.45) is 0 Å². The van der Waals surface area contributed by atoms with Crippen LogP contribution in [0.5, 0.6) is 11.5 Å². The second-order valence-corrected chi connectivity index (χ2v) is 7.90. The number of aromatic nitrogens is 1. The summed E-state index contributed by atoms with van der Waals surface area (Å²) < 4.78 is 5.86. The number of benzene rings is 2. The quantitative estimate of drug-likeness (QED) is 0.292. The Labute approximate surface area is 181 Å². The maximum atomic E-state index is 12.7. The lowest BCUT2D eigenvalue weighted by Gasteiger charge is -2.11. The molecule has 2 aromatic heterocycles. The largest absolute Gasteiger partial charge is 0.455 e. The fourth-order valence-corrected chi connectivity index (χ4v) is 4.22. The number of nitrogens with one attached hydrogen (secondary N) is 1. The van der Waals surface area contributed by atoms with Crippen molar-refractivity contribution in [3.8, 4) is 27.5 Å². The van der Waals surface area contributed by atoms with Gasteiger partial charge in [0, 0.05) is 5.38 Å². The molecule has 0 spiro atoms. The van der Waals surface area contributed by atoms with Crippen LogP contribution in [0.15, 0.2) is 83.1 Å². The van der Waals surface area contributed by atoms with E-state index in [2.05, 4.69) is 10.3 Å². The van der Waals surface area contributed by atoms with E-state index in [0.717, 1.165) is 9.88 Å². The number of amides is 1. The van der Waals surface area contributed by atoms with Crippen molar-refractivity contribution in [1.82, 2.24) is 4.98 Å². The molecule has 0 fully saturated rings. The number of thiophene rings is 1. The van der Waals surface area contributed by atoms with Crippen molar-refractivity contribution < 1.29 is 9.53 Å². The standard InChI is InChI=1S/C23H15N3O2S2/c24-14-16(13-17-15-30-23(25-17)21-11-6-12-29-21)22(27)26-19-9-4-5-10-20(19)28-18-7-2-1-3-8-18/h1-13,15H,(H,26,27)/b16-13-. The SMILES string of the molecule is N#C/C(=C/c1csc(-c2cccs2)n1)C(=O)Nc1ccccc1Oc1ccccc1. The third kappa shape index (κ3) is 4.63. The molecule has 0 unspecified atom stereocenters. The molecule has 4 rings (SSSR count). The molecule has 30 heavy (non-hydrogen) atoms. The molecule has 0 aliphatic carbocycles. The third-order valence-electron chi connectivity index (χ3n) is 4.02. The first kappa shape index (κ1) is 19.6. The number of carbonyl (C=O) groups is 1. The van der Waals surface area contributed by atoms with E-state index in [9.17, 15) is 10.1 Å². The highest BCUT2D eigenvalue weighted by molar-refractivity contribution is 7.20. The number of para-hydroxylation sites is 3. The van der Waals surface area contributed by atoms with Gasteiger partial charge in [-0.25, -0.2) is 4.98 Å². The van der Waals surface area contributed by atoms with E-state index in [0.29, 0.717) is 22.9 Å². The lowest BCUT2D eigenvalue weighted by molar-refractivity contribution is -0.112. The number of nitrogens with zero attached hydrogens (tertiary/aromatic N) is 2. The molecule has 0 bridgehead atoms. The summed E-state index contributed by atoms with van der Waals surface area (Å²) in [7, 11) is 0. The van der Waals surface area contributed by atoms with Crippen molar-refractivity contribution in [3.63, 3.8) is 0 Å². The zero-order valence-electron chi connectivity index (χ0n) is 15.6. The number of anilines is 1. The summed E-state index contributed by atoms with van der Waals surface area (Å²) in [5.41, 5.74) is 1.02. The normalized spacial score (nSPS) is 11.0. The number of ether oxygens (including phenoxy) is 1. The average molecular weight is 430 g/mol. The lowest BCUT2D eigenvalue weighted by Crippen LogP contribution is -2.14. The summed E-state index contributed by atoms with van der Waals surface area (Å²) in [6.45, 7) is 0. The van der Waals surface area contributed by atoms with Gasteiger partial charge < -0.3 is 10.1 Å². The Morgan fingerprint density at radius 1 is 1.03 bits per heavy atom. The third-order valence-corrected chi connectivity index (χ3v) is 5.92. The fourth-order valence-electron chi connectivity index (χ4n) is 2.63. The molecule has 0 saturated carbocycles. The molecule has 0 aliphatic rings. The number of thiazole rings is 1. The molecule has 0 atom stereocenters. The van der Waals surface area contributed by atoms with Gasteiger partial charge in [-0.05, 0) is 41.8 Å². The number of carbonyl (C=O) groups excluding carboxylic acids is 1. The van der Waals surface area contributed by atoms with Gasteiger partial charge in [0.05, 0.1) is 16.3 Å². The molecule has 4 aromatic rings. The van der Waals surface area contributed by atoms with Crippen molar-refractivity contribution in [2.75, 3.05) is 5.32 Å². The first-order valence-electron chi connectivity index (χ1n) is 8.97. The highest BCUT2D eigenvalue weighted by Gasteiger charge is 2.14. The summed E-state index contributed by atoms with van der Waals surface area (Å²) in [6, 6.07) is 22.3.